The Balaban J connectivity index is 2.08. The minimum atomic E-state index is -0.378. The number of fused-ring (bicyclic) bond motifs is 1. The number of benzene rings is 1. The minimum absolute atomic E-state index is 0.0270. The van der Waals surface area contributed by atoms with E-state index in [0.29, 0.717) is 5.69 Å². The predicted molar refractivity (Wildman–Crippen MR) is 85.6 cm³/mol. The zero-order valence-electron chi connectivity index (χ0n) is 11.3. The number of aromatic nitrogens is 1. The molecule has 0 aliphatic carbocycles. The lowest BCUT2D eigenvalue weighted by molar-refractivity contribution is -0.384. The third-order valence-electron chi connectivity index (χ3n) is 3.69. The molecule has 1 fully saturated rings. The smallest absolute Gasteiger partial charge is 0.311 e. The molecular weight excluding hydrogens is 336 g/mol. The molecule has 7 heteroatoms. The van der Waals surface area contributed by atoms with Crippen LogP contribution in [0.1, 0.15) is 12.8 Å². The number of anilines is 1. The summed E-state index contributed by atoms with van der Waals surface area (Å²) in [7, 11) is 0. The highest BCUT2D eigenvalue weighted by atomic mass is 79.9. The molecular formula is C14H15BrN4O2. The van der Waals surface area contributed by atoms with Gasteiger partial charge < -0.3 is 10.6 Å². The zero-order chi connectivity index (χ0) is 14.8. The molecule has 1 aromatic carbocycles. The summed E-state index contributed by atoms with van der Waals surface area (Å²) in [4.78, 5) is 15.1. The van der Waals surface area contributed by atoms with Gasteiger partial charge in [0.05, 0.1) is 10.4 Å². The van der Waals surface area contributed by atoms with Crippen molar-refractivity contribution in [1.29, 1.82) is 0 Å². The quantitative estimate of drug-likeness (QED) is 0.656. The minimum Gasteiger partial charge on any atom is -0.376 e. The Morgan fingerprint density at radius 2 is 2.14 bits per heavy atom. The van der Waals surface area contributed by atoms with E-state index < -0.39 is 0 Å². The first-order valence-electron chi connectivity index (χ1n) is 6.85. The molecule has 0 atom stereocenters. The van der Waals surface area contributed by atoms with Gasteiger partial charge >= 0.3 is 5.69 Å². The van der Waals surface area contributed by atoms with Gasteiger partial charge in [0.15, 0.2) is 0 Å². The number of piperidine rings is 1. The van der Waals surface area contributed by atoms with Crippen LogP contribution in [-0.4, -0.2) is 29.0 Å². The van der Waals surface area contributed by atoms with Gasteiger partial charge in [-0.25, -0.2) is 4.98 Å². The van der Waals surface area contributed by atoms with Crippen LogP contribution in [0.4, 0.5) is 11.4 Å². The fourth-order valence-corrected chi connectivity index (χ4v) is 2.98. The van der Waals surface area contributed by atoms with E-state index in [9.17, 15) is 10.1 Å². The van der Waals surface area contributed by atoms with Gasteiger partial charge in [-0.15, -0.1) is 0 Å². The summed E-state index contributed by atoms with van der Waals surface area (Å²) in [5.74, 6) is 0. The molecule has 0 amide bonds. The number of nitrogens with one attached hydrogen (secondary N) is 2. The molecule has 110 valence electrons. The van der Waals surface area contributed by atoms with Crippen molar-refractivity contribution in [2.75, 3.05) is 18.4 Å². The van der Waals surface area contributed by atoms with Gasteiger partial charge in [0.25, 0.3) is 0 Å². The Labute approximate surface area is 130 Å². The fraction of sp³-hybridized carbons (Fsp3) is 0.357. The van der Waals surface area contributed by atoms with Gasteiger partial charge in [0.2, 0.25) is 0 Å². The standard InChI is InChI=1S/C14H15BrN4O2/c15-9-1-2-12-11(7-9)14(13(8-17-12)19(20)21)18-10-3-5-16-6-4-10/h1-2,7-8,10,16H,3-6H2,(H,17,18). The Morgan fingerprint density at radius 1 is 1.38 bits per heavy atom. The van der Waals surface area contributed by atoms with Crippen molar-refractivity contribution in [1.82, 2.24) is 10.3 Å². The molecule has 0 bridgehead atoms. The molecule has 0 spiro atoms. The molecule has 1 aromatic heterocycles. The first kappa shape index (κ1) is 14.2. The van der Waals surface area contributed by atoms with E-state index in [1.807, 2.05) is 18.2 Å². The van der Waals surface area contributed by atoms with Crippen LogP contribution in [0.2, 0.25) is 0 Å². The summed E-state index contributed by atoms with van der Waals surface area (Å²) < 4.78 is 0.880. The number of halogens is 1. The van der Waals surface area contributed by atoms with E-state index in [4.69, 9.17) is 0 Å². The van der Waals surface area contributed by atoms with Crippen molar-refractivity contribution in [3.05, 3.63) is 39.0 Å². The molecule has 2 heterocycles. The van der Waals surface area contributed by atoms with E-state index in [1.54, 1.807) is 0 Å². The highest BCUT2D eigenvalue weighted by Crippen LogP contribution is 2.34. The lowest BCUT2D eigenvalue weighted by atomic mass is 10.1. The summed E-state index contributed by atoms with van der Waals surface area (Å²) in [6.45, 7) is 1.86. The monoisotopic (exact) mass is 350 g/mol. The molecule has 2 N–H and O–H groups in total. The Kier molecular flexibility index (Phi) is 4.03. The topological polar surface area (TPSA) is 80.1 Å². The van der Waals surface area contributed by atoms with Crippen LogP contribution >= 0.6 is 15.9 Å². The first-order chi connectivity index (χ1) is 10.1. The summed E-state index contributed by atoms with van der Waals surface area (Å²) >= 11 is 3.42. The highest BCUT2D eigenvalue weighted by Gasteiger charge is 2.22. The average molecular weight is 351 g/mol. The van der Waals surface area contributed by atoms with Crippen LogP contribution in [0.15, 0.2) is 28.9 Å². The van der Waals surface area contributed by atoms with Crippen molar-refractivity contribution in [2.24, 2.45) is 0 Å². The largest absolute Gasteiger partial charge is 0.376 e. The molecule has 6 nitrogen and oxygen atoms in total. The molecule has 3 rings (SSSR count). The summed E-state index contributed by atoms with van der Waals surface area (Å²) in [6, 6.07) is 5.86. The van der Waals surface area contributed by atoms with Gasteiger partial charge in [-0.05, 0) is 44.1 Å². The second-order valence-electron chi connectivity index (χ2n) is 5.11. The molecule has 0 unspecified atom stereocenters. The van der Waals surface area contributed by atoms with Crippen molar-refractivity contribution < 1.29 is 4.92 Å². The second kappa shape index (κ2) is 5.95. The van der Waals surface area contributed by atoms with Crippen molar-refractivity contribution in [2.45, 2.75) is 18.9 Å². The van der Waals surface area contributed by atoms with Crippen LogP contribution < -0.4 is 10.6 Å². The van der Waals surface area contributed by atoms with Crippen LogP contribution in [0.25, 0.3) is 10.9 Å². The lowest BCUT2D eigenvalue weighted by Gasteiger charge is -2.25. The predicted octanol–water partition coefficient (Wildman–Crippen LogP) is 3.07. The van der Waals surface area contributed by atoms with Gasteiger partial charge in [-0.1, -0.05) is 15.9 Å². The number of hydrogen-bond donors (Lipinski definition) is 2. The Bertz CT molecular complexity index is 686. The van der Waals surface area contributed by atoms with Crippen LogP contribution in [0, 0.1) is 10.1 Å². The molecule has 1 aliphatic rings. The maximum Gasteiger partial charge on any atom is 0.311 e. The van der Waals surface area contributed by atoms with Crippen LogP contribution in [0.5, 0.6) is 0 Å². The molecule has 2 aromatic rings. The van der Waals surface area contributed by atoms with Crippen molar-refractivity contribution in [3.63, 3.8) is 0 Å². The van der Waals surface area contributed by atoms with Crippen LogP contribution in [0.3, 0.4) is 0 Å². The Morgan fingerprint density at radius 3 is 2.86 bits per heavy atom. The Hall–Kier alpha value is -1.73. The molecule has 1 saturated heterocycles. The van der Waals surface area contributed by atoms with Gasteiger partial charge in [-0.3, -0.25) is 10.1 Å². The van der Waals surface area contributed by atoms with Crippen LogP contribution in [-0.2, 0) is 0 Å². The maximum atomic E-state index is 11.3. The molecule has 0 saturated carbocycles. The number of nitro groups is 1. The maximum absolute atomic E-state index is 11.3. The second-order valence-corrected chi connectivity index (χ2v) is 6.02. The van der Waals surface area contributed by atoms with E-state index in [0.717, 1.165) is 41.3 Å². The van der Waals surface area contributed by atoms with Crippen molar-refractivity contribution >= 4 is 38.2 Å². The first-order valence-corrected chi connectivity index (χ1v) is 7.64. The van der Waals surface area contributed by atoms with E-state index in [-0.39, 0.29) is 16.7 Å². The fourth-order valence-electron chi connectivity index (χ4n) is 2.61. The van der Waals surface area contributed by atoms with Crippen molar-refractivity contribution in [3.8, 4) is 0 Å². The molecule has 21 heavy (non-hydrogen) atoms. The van der Waals surface area contributed by atoms with E-state index >= 15 is 0 Å². The molecule has 0 radical (unpaired) electrons. The number of hydrogen-bond acceptors (Lipinski definition) is 5. The number of rotatable bonds is 3. The van der Waals surface area contributed by atoms with E-state index in [1.165, 1.54) is 6.20 Å². The summed E-state index contributed by atoms with van der Waals surface area (Å²) in [5.41, 5.74) is 1.34. The van der Waals surface area contributed by atoms with E-state index in [2.05, 4.69) is 31.5 Å². The SMILES string of the molecule is O=[N+]([O-])c1cnc2ccc(Br)cc2c1NC1CCNCC1. The van der Waals surface area contributed by atoms with Gasteiger partial charge in [-0.2, -0.15) is 0 Å². The zero-order valence-corrected chi connectivity index (χ0v) is 12.9. The average Bonchev–Trinajstić information content (AvgIpc) is 2.48. The lowest BCUT2D eigenvalue weighted by Crippen LogP contribution is -2.35. The normalized spacial score (nSPS) is 16.0. The summed E-state index contributed by atoms with van der Waals surface area (Å²) in [6.07, 6.45) is 3.24. The third kappa shape index (κ3) is 2.98. The summed E-state index contributed by atoms with van der Waals surface area (Å²) in [5, 5.41) is 18.7. The van der Waals surface area contributed by atoms with Gasteiger partial charge in [0.1, 0.15) is 11.9 Å². The third-order valence-corrected chi connectivity index (χ3v) is 4.19. The number of pyridine rings is 1. The van der Waals surface area contributed by atoms with Gasteiger partial charge in [0, 0.05) is 15.9 Å². The highest BCUT2D eigenvalue weighted by molar-refractivity contribution is 9.10. The number of nitrogens with zero attached hydrogens (tertiary/aromatic N) is 2. The molecule has 1 aliphatic heterocycles.